The molecule has 1 fully saturated rings. The van der Waals surface area contributed by atoms with Gasteiger partial charge in [0.05, 0.1) is 11.5 Å². The first kappa shape index (κ1) is 18.5. The number of nitrogens with zero attached hydrogens (tertiary/aromatic N) is 1. The molecule has 128 valence electrons. The van der Waals surface area contributed by atoms with Crippen molar-refractivity contribution >= 4 is 46.3 Å². The number of carboxylic acids is 1. The Morgan fingerprint density at radius 1 is 1.42 bits per heavy atom. The first-order valence-corrected chi connectivity index (χ1v) is 8.94. The number of aliphatic carboxylic acids is 1. The summed E-state index contributed by atoms with van der Waals surface area (Å²) in [6, 6.07) is 7.54. The quantitative estimate of drug-likeness (QED) is 0.561. The van der Waals surface area contributed by atoms with Crippen LogP contribution in [-0.4, -0.2) is 39.4 Å². The van der Waals surface area contributed by atoms with E-state index in [-0.39, 0.29) is 12.3 Å². The first-order valence-electron chi connectivity index (χ1n) is 7.72. The molecule has 0 unspecified atom stereocenters. The maximum atomic E-state index is 12.5. The van der Waals surface area contributed by atoms with Crippen LogP contribution in [0.2, 0.25) is 0 Å². The fraction of sp³-hybridized carbons (Fsp3) is 0.353. The van der Waals surface area contributed by atoms with E-state index in [2.05, 4.69) is 0 Å². The zero-order chi connectivity index (χ0) is 17.5. The molecule has 2 rings (SSSR count). The van der Waals surface area contributed by atoms with E-state index in [9.17, 15) is 9.59 Å². The third-order valence-corrected chi connectivity index (χ3v) is 4.69. The number of para-hydroxylation sites is 1. The minimum absolute atomic E-state index is 0.0177. The highest BCUT2D eigenvalue weighted by Gasteiger charge is 2.31. The fourth-order valence-electron chi connectivity index (χ4n) is 2.17. The fourth-order valence-corrected chi connectivity index (χ4v) is 3.47. The summed E-state index contributed by atoms with van der Waals surface area (Å²) in [5.74, 6) is -0.325. The number of hydrogen-bond donors (Lipinski definition) is 1. The van der Waals surface area contributed by atoms with Crippen molar-refractivity contribution in [2.24, 2.45) is 0 Å². The molecule has 1 saturated heterocycles. The van der Waals surface area contributed by atoms with Gasteiger partial charge in [0.1, 0.15) is 10.1 Å². The van der Waals surface area contributed by atoms with Crippen molar-refractivity contribution in [2.45, 2.75) is 26.2 Å². The molecule has 5 nitrogen and oxygen atoms in total. The van der Waals surface area contributed by atoms with Gasteiger partial charge < -0.3 is 9.84 Å². The third kappa shape index (κ3) is 4.82. The summed E-state index contributed by atoms with van der Waals surface area (Å²) in [4.78, 5) is 25.1. The number of hydrogen-bond acceptors (Lipinski definition) is 5. The lowest BCUT2D eigenvalue weighted by Gasteiger charge is -2.13. The molecule has 0 atom stereocenters. The van der Waals surface area contributed by atoms with E-state index in [4.69, 9.17) is 22.1 Å². The van der Waals surface area contributed by atoms with Gasteiger partial charge in [-0.1, -0.05) is 49.1 Å². The van der Waals surface area contributed by atoms with E-state index in [1.807, 2.05) is 31.2 Å². The second-order valence-corrected chi connectivity index (χ2v) is 6.89. The lowest BCUT2D eigenvalue weighted by molar-refractivity contribution is -0.137. The highest BCUT2D eigenvalue weighted by molar-refractivity contribution is 8.26. The Kier molecular flexibility index (Phi) is 6.81. The van der Waals surface area contributed by atoms with Crippen LogP contribution in [0.25, 0.3) is 6.08 Å². The SMILES string of the molecule is CCCOc1ccccc1C=C1SC(=S)N(CCCC(=O)O)C1=O. The van der Waals surface area contributed by atoms with Gasteiger partial charge in [0.25, 0.3) is 5.91 Å². The molecule has 1 aromatic rings. The van der Waals surface area contributed by atoms with Gasteiger partial charge in [-0.15, -0.1) is 0 Å². The second-order valence-electron chi connectivity index (χ2n) is 5.22. The van der Waals surface area contributed by atoms with Crippen LogP contribution in [0.1, 0.15) is 31.7 Å². The molecule has 0 saturated carbocycles. The van der Waals surface area contributed by atoms with E-state index in [1.165, 1.54) is 16.7 Å². The van der Waals surface area contributed by atoms with Gasteiger partial charge in [-0.2, -0.15) is 0 Å². The molecular formula is C17H19NO4S2. The standard InChI is InChI=1S/C17H19NO4S2/c1-2-10-22-13-7-4-3-6-12(13)11-14-16(21)18(17(23)24-14)9-5-8-15(19)20/h3-4,6-7,11H,2,5,8-10H2,1H3,(H,19,20). The van der Waals surface area contributed by atoms with Crippen molar-refractivity contribution in [3.8, 4) is 5.75 Å². The van der Waals surface area contributed by atoms with Gasteiger partial charge >= 0.3 is 5.97 Å². The molecule has 1 heterocycles. The summed E-state index contributed by atoms with van der Waals surface area (Å²) < 4.78 is 6.16. The smallest absolute Gasteiger partial charge is 0.303 e. The number of carboxylic acid groups (broad SMARTS) is 1. The largest absolute Gasteiger partial charge is 0.493 e. The Balaban J connectivity index is 2.12. The Labute approximate surface area is 150 Å². The first-order chi connectivity index (χ1) is 11.5. The van der Waals surface area contributed by atoms with Crippen molar-refractivity contribution in [1.82, 2.24) is 4.90 Å². The predicted octanol–water partition coefficient (Wildman–Crippen LogP) is 3.54. The zero-order valence-electron chi connectivity index (χ0n) is 13.4. The number of carbonyl (C=O) groups is 2. The molecule has 0 aliphatic carbocycles. The lowest BCUT2D eigenvalue weighted by Crippen LogP contribution is -2.29. The minimum Gasteiger partial charge on any atom is -0.493 e. The van der Waals surface area contributed by atoms with Crippen molar-refractivity contribution < 1.29 is 19.4 Å². The third-order valence-electron chi connectivity index (χ3n) is 3.31. The number of carbonyl (C=O) groups excluding carboxylic acids is 1. The molecule has 1 amide bonds. The topological polar surface area (TPSA) is 66.8 Å². The number of thioether (sulfide) groups is 1. The molecular weight excluding hydrogens is 346 g/mol. The van der Waals surface area contributed by atoms with Crippen LogP contribution in [-0.2, 0) is 9.59 Å². The normalized spacial score (nSPS) is 16.0. The maximum Gasteiger partial charge on any atom is 0.303 e. The van der Waals surface area contributed by atoms with Crippen LogP contribution in [0.4, 0.5) is 0 Å². The zero-order valence-corrected chi connectivity index (χ0v) is 15.0. The molecule has 0 radical (unpaired) electrons. The van der Waals surface area contributed by atoms with Crippen LogP contribution >= 0.6 is 24.0 Å². The van der Waals surface area contributed by atoms with E-state index in [1.54, 1.807) is 6.08 Å². The van der Waals surface area contributed by atoms with Gasteiger partial charge in [-0.05, 0) is 25.0 Å². The van der Waals surface area contributed by atoms with Gasteiger partial charge in [-0.25, -0.2) is 0 Å². The molecule has 1 aliphatic rings. The maximum absolute atomic E-state index is 12.5. The van der Waals surface area contributed by atoms with Crippen LogP contribution in [0.15, 0.2) is 29.2 Å². The monoisotopic (exact) mass is 365 g/mol. The highest BCUT2D eigenvalue weighted by atomic mass is 32.2. The molecule has 0 bridgehead atoms. The average molecular weight is 365 g/mol. The summed E-state index contributed by atoms with van der Waals surface area (Å²) in [6.45, 7) is 2.97. The number of rotatable bonds is 8. The molecule has 1 aromatic carbocycles. The molecule has 0 aromatic heterocycles. The number of amides is 1. The second kappa shape index (κ2) is 8.84. The Morgan fingerprint density at radius 3 is 2.88 bits per heavy atom. The van der Waals surface area contributed by atoms with E-state index < -0.39 is 5.97 Å². The summed E-state index contributed by atoms with van der Waals surface area (Å²) in [5.41, 5.74) is 0.831. The molecule has 24 heavy (non-hydrogen) atoms. The van der Waals surface area contributed by atoms with Crippen molar-refractivity contribution in [3.63, 3.8) is 0 Å². The van der Waals surface area contributed by atoms with Gasteiger partial charge in [-0.3, -0.25) is 14.5 Å². The molecule has 1 aliphatic heterocycles. The average Bonchev–Trinajstić information content (AvgIpc) is 2.81. The van der Waals surface area contributed by atoms with Gasteiger partial charge in [0.15, 0.2) is 0 Å². The van der Waals surface area contributed by atoms with Crippen molar-refractivity contribution in [1.29, 1.82) is 0 Å². The van der Waals surface area contributed by atoms with Crippen LogP contribution in [0, 0.1) is 0 Å². The Hall–Kier alpha value is -1.86. The number of ether oxygens (including phenoxy) is 1. The summed E-state index contributed by atoms with van der Waals surface area (Å²) >= 11 is 6.48. The van der Waals surface area contributed by atoms with Crippen LogP contribution in [0.5, 0.6) is 5.75 Å². The Morgan fingerprint density at radius 2 is 2.17 bits per heavy atom. The lowest BCUT2D eigenvalue weighted by atomic mass is 10.2. The van der Waals surface area contributed by atoms with Crippen molar-refractivity contribution in [3.05, 3.63) is 34.7 Å². The van der Waals surface area contributed by atoms with Crippen LogP contribution < -0.4 is 4.74 Å². The van der Waals surface area contributed by atoms with E-state index >= 15 is 0 Å². The van der Waals surface area contributed by atoms with Gasteiger partial charge in [0.2, 0.25) is 0 Å². The van der Waals surface area contributed by atoms with Crippen molar-refractivity contribution in [2.75, 3.05) is 13.2 Å². The Bertz CT molecular complexity index is 672. The molecule has 7 heteroatoms. The van der Waals surface area contributed by atoms with E-state index in [0.717, 1.165) is 17.7 Å². The summed E-state index contributed by atoms with van der Waals surface area (Å²) in [7, 11) is 0. The predicted molar refractivity (Wildman–Crippen MR) is 99.0 cm³/mol. The number of benzene rings is 1. The molecule has 1 N–H and O–H groups in total. The summed E-state index contributed by atoms with van der Waals surface area (Å²) in [5, 5.41) is 8.70. The van der Waals surface area contributed by atoms with E-state index in [0.29, 0.717) is 28.8 Å². The highest BCUT2D eigenvalue weighted by Crippen LogP contribution is 2.34. The van der Waals surface area contributed by atoms with Gasteiger partial charge in [0, 0.05) is 18.5 Å². The summed E-state index contributed by atoms with van der Waals surface area (Å²) in [6.07, 6.45) is 3.08. The minimum atomic E-state index is -0.877. The van der Waals surface area contributed by atoms with Crippen LogP contribution in [0.3, 0.4) is 0 Å². The molecule has 0 spiro atoms. The number of thiocarbonyl (C=S) groups is 1.